The van der Waals surface area contributed by atoms with Crippen molar-refractivity contribution in [2.75, 3.05) is 5.75 Å². The third-order valence-corrected chi connectivity index (χ3v) is 3.95. The molecule has 0 fully saturated rings. The lowest BCUT2D eigenvalue weighted by atomic mass is 10.1. The number of nitrogens with zero attached hydrogens (tertiary/aromatic N) is 2. The SMILES string of the molecule is CC(C)c1cnc(SCC(=O)O)n1-c1ccc(Cl)cc1. The highest BCUT2D eigenvalue weighted by atomic mass is 35.5. The average Bonchev–Trinajstić information content (AvgIpc) is 2.81. The van der Waals surface area contributed by atoms with Crippen LogP contribution in [0.25, 0.3) is 5.69 Å². The number of hydrogen-bond acceptors (Lipinski definition) is 3. The molecular formula is C14H15ClN2O2S. The lowest BCUT2D eigenvalue weighted by Crippen LogP contribution is -2.05. The molecule has 2 aromatic rings. The smallest absolute Gasteiger partial charge is 0.313 e. The molecule has 1 aromatic heterocycles. The summed E-state index contributed by atoms with van der Waals surface area (Å²) in [5, 5.41) is 10.2. The lowest BCUT2D eigenvalue weighted by Gasteiger charge is -2.13. The van der Waals surface area contributed by atoms with E-state index in [1.54, 1.807) is 6.20 Å². The van der Waals surface area contributed by atoms with Gasteiger partial charge in [0.05, 0.1) is 11.9 Å². The summed E-state index contributed by atoms with van der Waals surface area (Å²) in [5.74, 6) is -0.577. The van der Waals surface area contributed by atoms with Gasteiger partial charge in [0.25, 0.3) is 0 Å². The molecule has 4 nitrogen and oxygen atoms in total. The number of carbonyl (C=O) groups is 1. The first-order valence-electron chi connectivity index (χ1n) is 6.17. The molecule has 0 aliphatic carbocycles. The summed E-state index contributed by atoms with van der Waals surface area (Å²) in [4.78, 5) is 15.1. The topological polar surface area (TPSA) is 55.1 Å². The van der Waals surface area contributed by atoms with Crippen LogP contribution in [0.1, 0.15) is 25.5 Å². The molecule has 1 aromatic carbocycles. The van der Waals surface area contributed by atoms with Crippen molar-refractivity contribution in [2.45, 2.75) is 24.9 Å². The van der Waals surface area contributed by atoms with Crippen molar-refractivity contribution in [1.82, 2.24) is 9.55 Å². The molecule has 0 saturated carbocycles. The van der Waals surface area contributed by atoms with Gasteiger partial charge in [-0.05, 0) is 30.2 Å². The van der Waals surface area contributed by atoms with Crippen LogP contribution in [-0.2, 0) is 4.79 Å². The molecule has 20 heavy (non-hydrogen) atoms. The Hall–Kier alpha value is -1.46. The van der Waals surface area contributed by atoms with Gasteiger partial charge in [-0.15, -0.1) is 0 Å². The number of carboxylic acid groups (broad SMARTS) is 1. The number of hydrogen-bond donors (Lipinski definition) is 1. The summed E-state index contributed by atoms with van der Waals surface area (Å²) in [6.45, 7) is 4.16. The zero-order valence-corrected chi connectivity index (χ0v) is 12.8. The maximum atomic E-state index is 10.7. The van der Waals surface area contributed by atoms with E-state index in [-0.39, 0.29) is 11.7 Å². The highest BCUT2D eigenvalue weighted by molar-refractivity contribution is 7.99. The monoisotopic (exact) mass is 310 g/mol. The summed E-state index contributed by atoms with van der Waals surface area (Å²) in [6.07, 6.45) is 1.80. The van der Waals surface area contributed by atoms with Crippen LogP contribution in [0.15, 0.2) is 35.6 Å². The molecule has 0 unspecified atom stereocenters. The molecule has 0 amide bonds. The van der Waals surface area contributed by atoms with E-state index in [1.807, 2.05) is 28.8 Å². The van der Waals surface area contributed by atoms with E-state index >= 15 is 0 Å². The third-order valence-electron chi connectivity index (χ3n) is 2.76. The number of halogens is 1. The van der Waals surface area contributed by atoms with Gasteiger partial charge in [-0.25, -0.2) is 4.98 Å². The number of imidazole rings is 1. The van der Waals surface area contributed by atoms with Crippen LogP contribution in [-0.4, -0.2) is 26.4 Å². The van der Waals surface area contributed by atoms with E-state index in [1.165, 1.54) is 11.8 Å². The highest BCUT2D eigenvalue weighted by Crippen LogP contribution is 2.28. The summed E-state index contributed by atoms with van der Waals surface area (Å²) in [7, 11) is 0. The largest absolute Gasteiger partial charge is 0.481 e. The molecule has 0 aliphatic rings. The van der Waals surface area contributed by atoms with Crippen molar-refractivity contribution in [3.8, 4) is 5.69 Å². The van der Waals surface area contributed by atoms with Crippen molar-refractivity contribution in [1.29, 1.82) is 0 Å². The van der Waals surface area contributed by atoms with Gasteiger partial charge in [0.1, 0.15) is 0 Å². The van der Waals surface area contributed by atoms with Crippen LogP contribution >= 0.6 is 23.4 Å². The van der Waals surface area contributed by atoms with Crippen LogP contribution in [0, 0.1) is 0 Å². The second kappa shape index (κ2) is 6.33. The van der Waals surface area contributed by atoms with Crippen molar-refractivity contribution >= 4 is 29.3 Å². The summed E-state index contributed by atoms with van der Waals surface area (Å²) in [5.41, 5.74) is 1.98. The van der Waals surface area contributed by atoms with Gasteiger partial charge in [-0.1, -0.05) is 37.2 Å². The molecule has 2 rings (SSSR count). The van der Waals surface area contributed by atoms with E-state index < -0.39 is 5.97 Å². The Balaban J connectivity index is 2.43. The molecule has 0 atom stereocenters. The first kappa shape index (κ1) is 14.9. The zero-order chi connectivity index (χ0) is 14.7. The van der Waals surface area contributed by atoms with Crippen LogP contribution < -0.4 is 0 Å². The quantitative estimate of drug-likeness (QED) is 0.853. The Bertz CT molecular complexity index is 608. The van der Waals surface area contributed by atoms with E-state index in [9.17, 15) is 4.79 Å². The maximum Gasteiger partial charge on any atom is 0.313 e. The number of thioether (sulfide) groups is 1. The fourth-order valence-corrected chi connectivity index (χ4v) is 2.68. The number of aliphatic carboxylic acids is 1. The Kier molecular flexibility index (Phi) is 4.73. The molecule has 0 aliphatic heterocycles. The second-order valence-electron chi connectivity index (χ2n) is 4.61. The molecule has 0 saturated heterocycles. The van der Waals surface area contributed by atoms with Crippen molar-refractivity contribution in [2.24, 2.45) is 0 Å². The van der Waals surface area contributed by atoms with Gasteiger partial charge in [0.2, 0.25) is 0 Å². The van der Waals surface area contributed by atoms with Gasteiger partial charge in [0, 0.05) is 16.4 Å². The molecule has 106 valence electrons. The van der Waals surface area contributed by atoms with Crippen LogP contribution in [0.4, 0.5) is 0 Å². The number of rotatable bonds is 5. The van der Waals surface area contributed by atoms with Gasteiger partial charge < -0.3 is 5.11 Å². The summed E-state index contributed by atoms with van der Waals surface area (Å²) < 4.78 is 1.98. The van der Waals surface area contributed by atoms with Gasteiger partial charge in [-0.3, -0.25) is 9.36 Å². The maximum absolute atomic E-state index is 10.7. The Morgan fingerprint density at radius 2 is 2.05 bits per heavy atom. The second-order valence-corrected chi connectivity index (χ2v) is 5.99. The Labute approximate surface area is 126 Å². The Morgan fingerprint density at radius 1 is 1.40 bits per heavy atom. The minimum Gasteiger partial charge on any atom is -0.481 e. The molecule has 1 heterocycles. The fourth-order valence-electron chi connectivity index (χ4n) is 1.83. The van der Waals surface area contributed by atoms with Gasteiger partial charge in [-0.2, -0.15) is 0 Å². The first-order chi connectivity index (χ1) is 9.49. The lowest BCUT2D eigenvalue weighted by molar-refractivity contribution is -0.133. The number of benzene rings is 1. The third kappa shape index (κ3) is 3.35. The first-order valence-corrected chi connectivity index (χ1v) is 7.53. The van der Waals surface area contributed by atoms with Crippen LogP contribution in [0.3, 0.4) is 0 Å². The molecule has 0 spiro atoms. The molecule has 0 bridgehead atoms. The van der Waals surface area contributed by atoms with E-state index in [4.69, 9.17) is 16.7 Å². The number of carboxylic acids is 1. The fraction of sp³-hybridized carbons (Fsp3) is 0.286. The molecule has 0 radical (unpaired) electrons. The highest BCUT2D eigenvalue weighted by Gasteiger charge is 2.15. The average molecular weight is 311 g/mol. The Morgan fingerprint density at radius 3 is 2.60 bits per heavy atom. The summed E-state index contributed by atoms with van der Waals surface area (Å²) in [6, 6.07) is 7.43. The zero-order valence-electron chi connectivity index (χ0n) is 11.2. The standard InChI is InChI=1S/C14H15ClN2O2S/c1-9(2)12-7-16-14(20-8-13(18)19)17(12)11-5-3-10(15)4-6-11/h3-7,9H,8H2,1-2H3,(H,18,19). The minimum absolute atomic E-state index is 0.0118. The number of aromatic nitrogens is 2. The predicted molar refractivity (Wildman–Crippen MR) is 81.0 cm³/mol. The van der Waals surface area contributed by atoms with Gasteiger partial charge >= 0.3 is 5.97 Å². The van der Waals surface area contributed by atoms with Crippen LogP contribution in [0.5, 0.6) is 0 Å². The normalized spacial score (nSPS) is 11.0. The molecular weight excluding hydrogens is 296 g/mol. The summed E-state index contributed by atoms with van der Waals surface area (Å²) >= 11 is 7.12. The predicted octanol–water partition coefficient (Wildman–Crippen LogP) is 3.83. The van der Waals surface area contributed by atoms with Gasteiger partial charge in [0.15, 0.2) is 5.16 Å². The minimum atomic E-state index is -0.855. The van der Waals surface area contributed by atoms with E-state index in [0.29, 0.717) is 10.2 Å². The van der Waals surface area contributed by atoms with E-state index in [2.05, 4.69) is 18.8 Å². The molecule has 6 heteroatoms. The molecule has 1 N–H and O–H groups in total. The van der Waals surface area contributed by atoms with Crippen molar-refractivity contribution in [3.63, 3.8) is 0 Å². The van der Waals surface area contributed by atoms with Crippen molar-refractivity contribution < 1.29 is 9.90 Å². The van der Waals surface area contributed by atoms with Crippen molar-refractivity contribution in [3.05, 3.63) is 41.2 Å². The van der Waals surface area contributed by atoms with Crippen LogP contribution in [0.2, 0.25) is 5.02 Å². The van der Waals surface area contributed by atoms with E-state index in [0.717, 1.165) is 11.4 Å².